The Balaban J connectivity index is 2.85. The van der Waals surface area contributed by atoms with Gasteiger partial charge in [-0.05, 0) is 27.2 Å². The summed E-state index contributed by atoms with van der Waals surface area (Å²) < 4.78 is 0. The van der Waals surface area contributed by atoms with Gasteiger partial charge in [0.1, 0.15) is 4.88 Å². The first kappa shape index (κ1) is 14.6. The molecule has 2 N–H and O–H groups in total. The number of aromatic nitrogens is 1. The van der Waals surface area contributed by atoms with Crippen LogP contribution in [0.4, 0.5) is 0 Å². The van der Waals surface area contributed by atoms with Crippen LogP contribution >= 0.6 is 11.3 Å². The molecule has 0 aliphatic carbocycles. The van der Waals surface area contributed by atoms with Crippen LogP contribution in [0.5, 0.6) is 0 Å². The minimum absolute atomic E-state index is 0.0912. The molecular formula is C12H18N2O3S. The van der Waals surface area contributed by atoms with Gasteiger partial charge in [-0.3, -0.25) is 9.59 Å². The normalized spacial score (nSPS) is 14.0. The minimum Gasteiger partial charge on any atom is -0.481 e. The molecule has 0 radical (unpaired) electrons. The molecule has 100 valence electrons. The molecule has 1 atom stereocenters. The quantitative estimate of drug-likeness (QED) is 0.859. The molecule has 0 saturated heterocycles. The van der Waals surface area contributed by atoms with E-state index in [1.54, 1.807) is 13.8 Å². The molecule has 1 heterocycles. The standard InChI is InChI=1S/C12H18N2O3S/c1-5-12(4,6-9(15)16)14-11(17)10-7(2)13-8(3)18-10/h5-6H2,1-4H3,(H,14,17)(H,15,16)/t12-/m0/s1. The fourth-order valence-corrected chi connectivity index (χ4v) is 2.48. The van der Waals surface area contributed by atoms with Crippen LogP contribution in [-0.2, 0) is 4.79 Å². The summed E-state index contributed by atoms with van der Waals surface area (Å²) in [7, 11) is 0. The van der Waals surface area contributed by atoms with Crippen LogP contribution < -0.4 is 5.32 Å². The van der Waals surface area contributed by atoms with Crippen LogP contribution in [0.3, 0.4) is 0 Å². The Kier molecular flexibility index (Phi) is 4.45. The van der Waals surface area contributed by atoms with E-state index in [-0.39, 0.29) is 12.3 Å². The second-order valence-electron chi connectivity index (χ2n) is 4.59. The van der Waals surface area contributed by atoms with Crippen molar-refractivity contribution in [3.05, 3.63) is 15.6 Å². The lowest BCUT2D eigenvalue weighted by Crippen LogP contribution is -2.47. The van der Waals surface area contributed by atoms with Crippen LogP contribution in [0.1, 0.15) is 47.1 Å². The molecular weight excluding hydrogens is 252 g/mol. The molecule has 0 aliphatic heterocycles. The van der Waals surface area contributed by atoms with E-state index in [9.17, 15) is 9.59 Å². The highest BCUT2D eigenvalue weighted by Gasteiger charge is 2.29. The van der Waals surface area contributed by atoms with E-state index in [0.29, 0.717) is 17.0 Å². The number of thiazole rings is 1. The van der Waals surface area contributed by atoms with Gasteiger partial charge in [0, 0.05) is 5.54 Å². The van der Waals surface area contributed by atoms with Gasteiger partial charge < -0.3 is 10.4 Å². The van der Waals surface area contributed by atoms with E-state index in [0.717, 1.165) is 5.01 Å². The number of hydrogen-bond acceptors (Lipinski definition) is 4. The molecule has 5 nitrogen and oxygen atoms in total. The molecule has 0 unspecified atom stereocenters. The molecule has 1 rings (SSSR count). The Morgan fingerprint density at radius 2 is 2.06 bits per heavy atom. The number of nitrogens with zero attached hydrogens (tertiary/aromatic N) is 1. The van der Waals surface area contributed by atoms with E-state index in [4.69, 9.17) is 5.11 Å². The van der Waals surface area contributed by atoms with Gasteiger partial charge in [-0.25, -0.2) is 4.98 Å². The summed E-state index contributed by atoms with van der Waals surface area (Å²) in [5, 5.41) is 12.5. The van der Waals surface area contributed by atoms with Crippen molar-refractivity contribution in [2.45, 2.75) is 46.1 Å². The molecule has 1 aromatic rings. The van der Waals surface area contributed by atoms with Crippen molar-refractivity contribution in [3.8, 4) is 0 Å². The maximum atomic E-state index is 12.1. The summed E-state index contributed by atoms with van der Waals surface area (Å²) in [6, 6.07) is 0. The Bertz CT molecular complexity index is 470. The lowest BCUT2D eigenvalue weighted by Gasteiger charge is -2.27. The largest absolute Gasteiger partial charge is 0.481 e. The van der Waals surface area contributed by atoms with Crippen molar-refractivity contribution in [2.24, 2.45) is 0 Å². The van der Waals surface area contributed by atoms with Crippen LogP contribution in [0.2, 0.25) is 0 Å². The minimum atomic E-state index is -0.920. The third-order valence-electron chi connectivity index (χ3n) is 2.85. The summed E-state index contributed by atoms with van der Waals surface area (Å²) in [5.74, 6) is -1.17. The zero-order valence-electron chi connectivity index (χ0n) is 11.0. The van der Waals surface area contributed by atoms with Crippen LogP contribution in [0, 0.1) is 13.8 Å². The van der Waals surface area contributed by atoms with Crippen molar-refractivity contribution in [2.75, 3.05) is 0 Å². The summed E-state index contributed by atoms with van der Waals surface area (Å²) in [6.45, 7) is 7.21. The lowest BCUT2D eigenvalue weighted by molar-refractivity contribution is -0.138. The Hall–Kier alpha value is -1.43. The van der Waals surface area contributed by atoms with Crippen LogP contribution in [0.15, 0.2) is 0 Å². The average Bonchev–Trinajstić information content (AvgIpc) is 2.56. The number of carbonyl (C=O) groups is 2. The van der Waals surface area contributed by atoms with E-state index in [2.05, 4.69) is 10.3 Å². The molecule has 0 fully saturated rings. The molecule has 0 saturated carbocycles. The molecule has 0 bridgehead atoms. The number of carbonyl (C=O) groups excluding carboxylic acids is 1. The molecule has 18 heavy (non-hydrogen) atoms. The Morgan fingerprint density at radius 3 is 2.44 bits per heavy atom. The number of carboxylic acids is 1. The topological polar surface area (TPSA) is 79.3 Å². The molecule has 0 aromatic carbocycles. The second-order valence-corrected chi connectivity index (χ2v) is 5.79. The van der Waals surface area contributed by atoms with E-state index in [1.807, 2.05) is 13.8 Å². The summed E-state index contributed by atoms with van der Waals surface area (Å²) in [4.78, 5) is 27.6. The molecule has 1 amide bonds. The van der Waals surface area contributed by atoms with Gasteiger partial charge >= 0.3 is 5.97 Å². The fraction of sp³-hybridized carbons (Fsp3) is 0.583. The first-order valence-corrected chi connectivity index (χ1v) is 6.57. The lowest BCUT2D eigenvalue weighted by atomic mass is 9.94. The van der Waals surface area contributed by atoms with Crippen molar-refractivity contribution in [3.63, 3.8) is 0 Å². The molecule has 6 heteroatoms. The number of aryl methyl sites for hydroxylation is 2. The molecule has 0 spiro atoms. The predicted octanol–water partition coefficient (Wildman–Crippen LogP) is 2.13. The van der Waals surface area contributed by atoms with Gasteiger partial charge in [0.25, 0.3) is 5.91 Å². The van der Waals surface area contributed by atoms with Crippen molar-refractivity contribution in [1.82, 2.24) is 10.3 Å². The van der Waals surface area contributed by atoms with Gasteiger partial charge in [-0.1, -0.05) is 6.92 Å². The molecule has 0 aliphatic rings. The zero-order valence-corrected chi connectivity index (χ0v) is 11.8. The number of nitrogens with one attached hydrogen (secondary N) is 1. The monoisotopic (exact) mass is 270 g/mol. The number of aliphatic carboxylic acids is 1. The van der Waals surface area contributed by atoms with Gasteiger partial charge in [0.05, 0.1) is 17.1 Å². The highest BCUT2D eigenvalue weighted by atomic mass is 32.1. The summed E-state index contributed by atoms with van der Waals surface area (Å²) in [6.07, 6.45) is 0.466. The highest BCUT2D eigenvalue weighted by Crippen LogP contribution is 2.20. The third kappa shape index (κ3) is 3.53. The van der Waals surface area contributed by atoms with Crippen molar-refractivity contribution in [1.29, 1.82) is 0 Å². The van der Waals surface area contributed by atoms with Gasteiger partial charge in [-0.15, -0.1) is 11.3 Å². The highest BCUT2D eigenvalue weighted by molar-refractivity contribution is 7.13. The van der Waals surface area contributed by atoms with Gasteiger partial charge in [0.15, 0.2) is 0 Å². The van der Waals surface area contributed by atoms with Gasteiger partial charge in [-0.2, -0.15) is 0 Å². The number of carboxylic acid groups (broad SMARTS) is 1. The average molecular weight is 270 g/mol. The predicted molar refractivity (Wildman–Crippen MR) is 70.0 cm³/mol. The van der Waals surface area contributed by atoms with E-state index >= 15 is 0 Å². The number of hydrogen-bond donors (Lipinski definition) is 2. The third-order valence-corrected chi connectivity index (χ3v) is 3.92. The van der Waals surface area contributed by atoms with E-state index in [1.165, 1.54) is 11.3 Å². The van der Waals surface area contributed by atoms with Crippen LogP contribution in [0.25, 0.3) is 0 Å². The van der Waals surface area contributed by atoms with Crippen LogP contribution in [-0.4, -0.2) is 27.5 Å². The fourth-order valence-electron chi connectivity index (χ4n) is 1.66. The second kappa shape index (κ2) is 5.48. The number of amides is 1. The van der Waals surface area contributed by atoms with E-state index < -0.39 is 11.5 Å². The zero-order chi connectivity index (χ0) is 13.9. The number of rotatable bonds is 5. The summed E-state index contributed by atoms with van der Waals surface area (Å²) >= 11 is 1.32. The molecule has 1 aromatic heterocycles. The van der Waals surface area contributed by atoms with Crippen molar-refractivity contribution < 1.29 is 14.7 Å². The van der Waals surface area contributed by atoms with Gasteiger partial charge in [0.2, 0.25) is 0 Å². The van der Waals surface area contributed by atoms with Crippen molar-refractivity contribution >= 4 is 23.2 Å². The Labute approximate surface area is 110 Å². The first-order valence-electron chi connectivity index (χ1n) is 5.76. The maximum absolute atomic E-state index is 12.1. The Morgan fingerprint density at radius 1 is 1.44 bits per heavy atom. The first-order chi connectivity index (χ1) is 8.27. The SMILES string of the molecule is CC[C@@](C)(CC(=O)O)NC(=O)c1sc(C)nc1C. The smallest absolute Gasteiger partial charge is 0.305 e. The summed E-state index contributed by atoms with van der Waals surface area (Å²) in [5.41, 5.74) is -0.0449. The maximum Gasteiger partial charge on any atom is 0.305 e.